The first kappa shape index (κ1) is 22.5. The fraction of sp³-hybridized carbons (Fsp3) is 0.238. The van der Waals surface area contributed by atoms with Gasteiger partial charge in [0.15, 0.2) is 20.7 Å². The van der Waals surface area contributed by atoms with Crippen LogP contribution in [0, 0.1) is 11.3 Å². The minimum absolute atomic E-state index is 0.0141. The summed E-state index contributed by atoms with van der Waals surface area (Å²) in [7, 11) is -0.700. The molecule has 0 aliphatic carbocycles. The lowest BCUT2D eigenvalue weighted by Crippen LogP contribution is -2.11. The molecule has 0 aliphatic heterocycles. The van der Waals surface area contributed by atoms with Gasteiger partial charge >= 0.3 is 6.18 Å². The summed E-state index contributed by atoms with van der Waals surface area (Å²) in [5, 5.41) is 8.92. The molecule has 12 heteroatoms. The molecule has 8 nitrogen and oxygen atoms in total. The molecule has 0 fully saturated rings. The van der Waals surface area contributed by atoms with Crippen molar-refractivity contribution in [2.24, 2.45) is 14.1 Å². The number of imidazole rings is 2. The summed E-state index contributed by atoms with van der Waals surface area (Å²) in [6, 6.07) is 9.27. The van der Waals surface area contributed by atoms with E-state index < -0.39 is 21.7 Å². The Bertz CT molecular complexity index is 1530. The lowest BCUT2D eigenvalue weighted by molar-refractivity contribution is -0.141. The first-order chi connectivity index (χ1) is 15.5. The van der Waals surface area contributed by atoms with Gasteiger partial charge in [-0.05, 0) is 30.3 Å². The number of benzene rings is 1. The fourth-order valence-electron chi connectivity index (χ4n) is 3.53. The molecular formula is C21H17F3N6O2S. The number of sulfone groups is 1. The van der Waals surface area contributed by atoms with Crippen LogP contribution in [0.3, 0.4) is 0 Å². The highest BCUT2D eigenvalue weighted by Gasteiger charge is 2.34. The first-order valence-corrected chi connectivity index (χ1v) is 11.3. The maximum absolute atomic E-state index is 13.1. The quantitative estimate of drug-likeness (QED) is 0.446. The van der Waals surface area contributed by atoms with Crippen LogP contribution < -0.4 is 0 Å². The Morgan fingerprint density at radius 1 is 1.06 bits per heavy atom. The number of aromatic nitrogens is 5. The number of hydrogen-bond acceptors (Lipinski definition) is 6. The Labute approximate surface area is 186 Å². The van der Waals surface area contributed by atoms with E-state index in [9.17, 15) is 21.6 Å². The zero-order chi connectivity index (χ0) is 24.1. The van der Waals surface area contributed by atoms with Crippen LogP contribution in [0.25, 0.3) is 33.9 Å². The minimum atomic E-state index is -4.64. The van der Waals surface area contributed by atoms with E-state index in [-0.39, 0.29) is 27.8 Å². The summed E-state index contributed by atoms with van der Waals surface area (Å²) in [5.41, 5.74) is 0.225. The average molecular weight is 474 g/mol. The Kier molecular flexibility index (Phi) is 5.24. The van der Waals surface area contributed by atoms with Crippen LogP contribution in [0.15, 0.2) is 41.6 Å². The number of rotatable bonds is 4. The molecule has 4 rings (SSSR count). The number of nitriles is 1. The monoisotopic (exact) mass is 474 g/mol. The molecule has 0 spiro atoms. The molecule has 0 amide bonds. The van der Waals surface area contributed by atoms with Crippen molar-refractivity contribution < 1.29 is 21.6 Å². The maximum Gasteiger partial charge on any atom is 0.433 e. The van der Waals surface area contributed by atoms with Crippen molar-refractivity contribution in [3.8, 4) is 29.0 Å². The van der Waals surface area contributed by atoms with Crippen molar-refractivity contribution in [1.29, 1.82) is 5.26 Å². The van der Waals surface area contributed by atoms with E-state index in [0.29, 0.717) is 22.5 Å². The van der Waals surface area contributed by atoms with Crippen LogP contribution in [-0.2, 0) is 30.1 Å². The number of nitrogens with zero attached hydrogens (tertiary/aromatic N) is 6. The van der Waals surface area contributed by atoms with Gasteiger partial charge in [0.25, 0.3) is 0 Å². The Morgan fingerprint density at radius 3 is 2.30 bits per heavy atom. The summed E-state index contributed by atoms with van der Waals surface area (Å²) in [4.78, 5) is 12.3. The number of fused-ring (bicyclic) bond motifs is 1. The largest absolute Gasteiger partial charge is 0.433 e. The van der Waals surface area contributed by atoms with Gasteiger partial charge in [-0.3, -0.25) is 0 Å². The van der Waals surface area contributed by atoms with E-state index in [4.69, 9.17) is 5.26 Å². The van der Waals surface area contributed by atoms with E-state index in [2.05, 4.69) is 15.0 Å². The van der Waals surface area contributed by atoms with Gasteiger partial charge in [0.2, 0.25) is 0 Å². The molecule has 4 aromatic rings. The molecule has 0 N–H and O–H groups in total. The lowest BCUT2D eigenvalue weighted by Gasteiger charge is -2.07. The second-order valence-electron chi connectivity index (χ2n) is 7.29. The second kappa shape index (κ2) is 7.70. The minimum Gasteiger partial charge on any atom is -0.324 e. The number of pyridine rings is 1. The molecule has 0 bridgehead atoms. The van der Waals surface area contributed by atoms with E-state index in [1.165, 1.54) is 16.1 Å². The second-order valence-corrected chi connectivity index (χ2v) is 9.48. The number of alkyl halides is 3. The smallest absolute Gasteiger partial charge is 0.324 e. The highest BCUT2D eigenvalue weighted by atomic mass is 32.2. The van der Waals surface area contributed by atoms with Gasteiger partial charge < -0.3 is 9.13 Å². The molecule has 0 saturated carbocycles. The fourth-order valence-corrected chi connectivity index (χ4v) is 4.74. The molecule has 0 atom stereocenters. The standard InChI is InChI=1S/C21H17F3N6O2S/c1-4-33(31,32)20-17(28-18(30(20)3)13-7-5-12(10-25)6-8-13)19-27-14-9-16(21(22,23)24)26-11-15(14)29(19)2/h5-9,11H,4H2,1-3H3. The Hall–Kier alpha value is -3.72. The van der Waals surface area contributed by atoms with Gasteiger partial charge in [-0.25, -0.2) is 23.4 Å². The summed E-state index contributed by atoms with van der Waals surface area (Å²) < 4.78 is 68.1. The Morgan fingerprint density at radius 2 is 1.73 bits per heavy atom. The van der Waals surface area contributed by atoms with Gasteiger partial charge in [-0.2, -0.15) is 18.4 Å². The van der Waals surface area contributed by atoms with Gasteiger partial charge in [-0.1, -0.05) is 6.92 Å². The van der Waals surface area contributed by atoms with E-state index in [1.54, 1.807) is 38.4 Å². The first-order valence-electron chi connectivity index (χ1n) is 9.68. The average Bonchev–Trinajstić information content (AvgIpc) is 3.30. The SMILES string of the molecule is CCS(=O)(=O)c1c(-c2nc3cc(C(F)(F)F)ncc3n2C)nc(-c2ccc(C#N)cc2)n1C. The molecule has 3 heterocycles. The van der Waals surface area contributed by atoms with Crippen LogP contribution in [0.2, 0.25) is 0 Å². The van der Waals surface area contributed by atoms with Crippen LogP contribution >= 0.6 is 0 Å². The summed E-state index contributed by atoms with van der Waals surface area (Å²) in [6.45, 7) is 1.49. The van der Waals surface area contributed by atoms with Gasteiger partial charge in [-0.15, -0.1) is 0 Å². The van der Waals surface area contributed by atoms with Gasteiger partial charge in [0.1, 0.15) is 17.2 Å². The van der Waals surface area contributed by atoms with Crippen molar-refractivity contribution >= 4 is 20.9 Å². The third kappa shape index (κ3) is 3.74. The predicted octanol–water partition coefficient (Wildman–Crippen LogP) is 3.72. The molecule has 33 heavy (non-hydrogen) atoms. The molecule has 0 unspecified atom stereocenters. The number of halogens is 3. The summed E-state index contributed by atoms with van der Waals surface area (Å²) in [5.74, 6) is 0.187. The zero-order valence-corrected chi connectivity index (χ0v) is 18.5. The lowest BCUT2D eigenvalue weighted by atomic mass is 10.1. The third-order valence-corrected chi connectivity index (χ3v) is 7.08. The molecular weight excluding hydrogens is 457 g/mol. The van der Waals surface area contributed by atoms with Gasteiger partial charge in [0.05, 0.1) is 34.6 Å². The molecule has 0 aliphatic rings. The molecule has 0 radical (unpaired) electrons. The van der Waals surface area contributed by atoms with E-state index in [0.717, 1.165) is 12.3 Å². The molecule has 0 saturated heterocycles. The summed E-state index contributed by atoms with van der Waals surface area (Å²) in [6.07, 6.45) is -3.59. The molecule has 170 valence electrons. The van der Waals surface area contributed by atoms with Crippen LogP contribution in [0.4, 0.5) is 13.2 Å². The highest BCUT2D eigenvalue weighted by molar-refractivity contribution is 7.91. The molecule has 1 aromatic carbocycles. The van der Waals surface area contributed by atoms with Crippen molar-refractivity contribution in [1.82, 2.24) is 24.1 Å². The van der Waals surface area contributed by atoms with E-state index >= 15 is 0 Å². The number of hydrogen-bond donors (Lipinski definition) is 0. The zero-order valence-electron chi connectivity index (χ0n) is 17.7. The van der Waals surface area contributed by atoms with Crippen molar-refractivity contribution in [3.63, 3.8) is 0 Å². The highest BCUT2D eigenvalue weighted by Crippen LogP contribution is 2.35. The Balaban J connectivity index is 1.99. The maximum atomic E-state index is 13.1. The topological polar surface area (TPSA) is 106 Å². The van der Waals surface area contributed by atoms with Gasteiger partial charge in [0, 0.05) is 19.7 Å². The predicted molar refractivity (Wildman–Crippen MR) is 114 cm³/mol. The van der Waals surface area contributed by atoms with Crippen molar-refractivity contribution in [2.45, 2.75) is 18.1 Å². The molecule has 3 aromatic heterocycles. The van der Waals surface area contributed by atoms with E-state index in [1.807, 2.05) is 6.07 Å². The van der Waals surface area contributed by atoms with Crippen LogP contribution in [0.5, 0.6) is 0 Å². The summed E-state index contributed by atoms with van der Waals surface area (Å²) >= 11 is 0. The van der Waals surface area contributed by atoms with Crippen LogP contribution in [0.1, 0.15) is 18.2 Å². The normalized spacial score (nSPS) is 12.3. The third-order valence-electron chi connectivity index (χ3n) is 5.26. The number of aryl methyl sites for hydroxylation is 1. The van der Waals surface area contributed by atoms with Crippen molar-refractivity contribution in [3.05, 3.63) is 47.8 Å². The van der Waals surface area contributed by atoms with Crippen molar-refractivity contribution in [2.75, 3.05) is 5.75 Å². The van der Waals surface area contributed by atoms with Crippen LogP contribution in [-0.4, -0.2) is 38.3 Å².